The van der Waals surface area contributed by atoms with Gasteiger partial charge in [-0.15, -0.1) is 0 Å². The van der Waals surface area contributed by atoms with E-state index in [1.165, 1.54) is 11.4 Å². The fourth-order valence-corrected chi connectivity index (χ4v) is 2.97. The number of nitrogens with zero attached hydrogens (tertiary/aromatic N) is 2. The second-order valence-electron chi connectivity index (χ2n) is 5.32. The van der Waals surface area contributed by atoms with Gasteiger partial charge in [-0.05, 0) is 24.3 Å². The molecule has 1 fully saturated rings. The highest BCUT2D eigenvalue weighted by Gasteiger charge is 2.21. The molecule has 0 aromatic heterocycles. The van der Waals surface area contributed by atoms with Gasteiger partial charge in [-0.1, -0.05) is 24.3 Å². The van der Waals surface area contributed by atoms with Crippen LogP contribution in [0.5, 0.6) is 11.5 Å². The molecular weight excluding hydrogens is 276 g/mol. The van der Waals surface area contributed by atoms with E-state index in [-0.39, 0.29) is 0 Å². The molecule has 0 radical (unpaired) electrons. The van der Waals surface area contributed by atoms with Gasteiger partial charge in [0.15, 0.2) is 0 Å². The van der Waals surface area contributed by atoms with Gasteiger partial charge < -0.3 is 19.3 Å². The summed E-state index contributed by atoms with van der Waals surface area (Å²) in [5.74, 6) is 1.88. The third-order valence-electron chi connectivity index (χ3n) is 4.13. The maximum atomic E-state index is 5.47. The molecule has 0 amide bonds. The quantitative estimate of drug-likeness (QED) is 0.866. The summed E-state index contributed by atoms with van der Waals surface area (Å²) >= 11 is 0. The third kappa shape index (κ3) is 2.82. The maximum absolute atomic E-state index is 5.47. The minimum atomic E-state index is 0.938. The molecule has 0 N–H and O–H groups in total. The largest absolute Gasteiger partial charge is 0.495 e. The van der Waals surface area contributed by atoms with Crippen molar-refractivity contribution in [1.29, 1.82) is 0 Å². The van der Waals surface area contributed by atoms with Crippen molar-refractivity contribution in [3.8, 4) is 11.5 Å². The van der Waals surface area contributed by atoms with Crippen LogP contribution in [0, 0.1) is 0 Å². The zero-order chi connectivity index (χ0) is 15.4. The van der Waals surface area contributed by atoms with Gasteiger partial charge in [0.2, 0.25) is 0 Å². The summed E-state index contributed by atoms with van der Waals surface area (Å²) in [7, 11) is 3.45. The number of benzene rings is 2. The predicted octanol–water partition coefficient (Wildman–Crippen LogP) is 3.03. The number of anilines is 2. The standard InChI is InChI=1S/C18H22N2O2/c1-21-17-9-5-3-7-15(17)19-11-13-20(14-12-19)16-8-4-6-10-18(16)22-2/h3-10H,11-14H2,1-2H3. The van der Waals surface area contributed by atoms with Crippen LogP contribution in [0.1, 0.15) is 0 Å². The molecule has 2 aromatic carbocycles. The van der Waals surface area contributed by atoms with E-state index in [0.29, 0.717) is 0 Å². The molecule has 1 saturated heterocycles. The second kappa shape index (κ2) is 6.60. The molecule has 4 heteroatoms. The second-order valence-corrected chi connectivity index (χ2v) is 5.32. The Morgan fingerprint density at radius 3 is 1.36 bits per heavy atom. The van der Waals surface area contributed by atoms with E-state index in [1.807, 2.05) is 24.3 Å². The monoisotopic (exact) mass is 298 g/mol. The van der Waals surface area contributed by atoms with Crippen LogP contribution in [0.3, 0.4) is 0 Å². The number of para-hydroxylation sites is 4. The number of methoxy groups -OCH3 is 2. The predicted molar refractivity (Wildman–Crippen MR) is 90.4 cm³/mol. The van der Waals surface area contributed by atoms with Gasteiger partial charge in [0.1, 0.15) is 11.5 Å². The fraction of sp³-hybridized carbons (Fsp3) is 0.333. The van der Waals surface area contributed by atoms with Crippen molar-refractivity contribution in [2.24, 2.45) is 0 Å². The van der Waals surface area contributed by atoms with E-state index >= 15 is 0 Å². The first-order chi connectivity index (χ1) is 10.8. The summed E-state index contributed by atoms with van der Waals surface area (Å²) in [5, 5.41) is 0. The van der Waals surface area contributed by atoms with Crippen LogP contribution >= 0.6 is 0 Å². The van der Waals surface area contributed by atoms with Crippen molar-refractivity contribution in [1.82, 2.24) is 0 Å². The van der Waals surface area contributed by atoms with Gasteiger partial charge in [0.05, 0.1) is 25.6 Å². The molecule has 0 aliphatic carbocycles. The minimum absolute atomic E-state index is 0.938. The van der Waals surface area contributed by atoms with Gasteiger partial charge in [-0.2, -0.15) is 0 Å². The zero-order valence-electron chi connectivity index (χ0n) is 13.2. The van der Waals surface area contributed by atoms with Crippen molar-refractivity contribution in [3.05, 3.63) is 48.5 Å². The molecule has 3 rings (SSSR count). The van der Waals surface area contributed by atoms with Gasteiger partial charge in [-0.3, -0.25) is 0 Å². The lowest BCUT2D eigenvalue weighted by atomic mass is 10.2. The molecule has 0 bridgehead atoms. The number of hydrogen-bond acceptors (Lipinski definition) is 4. The molecule has 4 nitrogen and oxygen atoms in total. The van der Waals surface area contributed by atoms with Crippen LogP contribution in [0.2, 0.25) is 0 Å². The van der Waals surface area contributed by atoms with Gasteiger partial charge in [0.25, 0.3) is 0 Å². The average Bonchev–Trinajstić information content (AvgIpc) is 2.62. The van der Waals surface area contributed by atoms with E-state index in [1.54, 1.807) is 14.2 Å². The Balaban J connectivity index is 1.73. The fourth-order valence-electron chi connectivity index (χ4n) is 2.97. The summed E-state index contributed by atoms with van der Waals surface area (Å²) in [6, 6.07) is 16.4. The Kier molecular flexibility index (Phi) is 4.37. The van der Waals surface area contributed by atoms with Crippen LogP contribution in [0.25, 0.3) is 0 Å². The molecular formula is C18H22N2O2. The topological polar surface area (TPSA) is 24.9 Å². The highest BCUT2D eigenvalue weighted by atomic mass is 16.5. The molecule has 1 aliphatic heterocycles. The molecule has 0 atom stereocenters. The van der Waals surface area contributed by atoms with Gasteiger partial charge in [0, 0.05) is 26.2 Å². The Morgan fingerprint density at radius 1 is 0.636 bits per heavy atom. The lowest BCUT2D eigenvalue weighted by Gasteiger charge is -2.38. The summed E-state index contributed by atoms with van der Waals surface area (Å²) in [4.78, 5) is 4.76. The zero-order valence-corrected chi connectivity index (χ0v) is 13.2. The lowest BCUT2D eigenvalue weighted by molar-refractivity contribution is 0.411. The van der Waals surface area contributed by atoms with Gasteiger partial charge in [-0.25, -0.2) is 0 Å². The number of rotatable bonds is 4. The molecule has 1 aliphatic rings. The molecule has 1 heterocycles. The minimum Gasteiger partial charge on any atom is -0.495 e. The van der Waals surface area contributed by atoms with Crippen LogP contribution in [0.4, 0.5) is 11.4 Å². The van der Waals surface area contributed by atoms with Crippen LogP contribution < -0.4 is 19.3 Å². The number of ether oxygens (including phenoxy) is 2. The summed E-state index contributed by atoms with van der Waals surface area (Å²) in [5.41, 5.74) is 2.34. The molecule has 0 saturated carbocycles. The van der Waals surface area contributed by atoms with Crippen molar-refractivity contribution in [3.63, 3.8) is 0 Å². The molecule has 0 spiro atoms. The highest BCUT2D eigenvalue weighted by Crippen LogP contribution is 2.31. The maximum Gasteiger partial charge on any atom is 0.142 e. The van der Waals surface area contributed by atoms with Crippen molar-refractivity contribution in [2.75, 3.05) is 50.2 Å². The first-order valence-electron chi connectivity index (χ1n) is 7.59. The Bertz CT molecular complexity index is 566. The van der Waals surface area contributed by atoms with Crippen molar-refractivity contribution >= 4 is 11.4 Å². The molecule has 116 valence electrons. The van der Waals surface area contributed by atoms with Crippen LogP contribution in [-0.2, 0) is 0 Å². The Morgan fingerprint density at radius 2 is 1.00 bits per heavy atom. The normalized spacial score (nSPS) is 14.8. The third-order valence-corrected chi connectivity index (χ3v) is 4.13. The van der Waals surface area contributed by atoms with E-state index in [9.17, 15) is 0 Å². The van der Waals surface area contributed by atoms with Gasteiger partial charge >= 0.3 is 0 Å². The molecule has 0 unspecified atom stereocenters. The molecule has 22 heavy (non-hydrogen) atoms. The first kappa shape index (κ1) is 14.6. The van der Waals surface area contributed by atoms with E-state index in [4.69, 9.17) is 9.47 Å². The summed E-state index contributed by atoms with van der Waals surface area (Å²) in [6.07, 6.45) is 0. The highest BCUT2D eigenvalue weighted by molar-refractivity contribution is 5.62. The summed E-state index contributed by atoms with van der Waals surface area (Å²) < 4.78 is 10.9. The number of hydrogen-bond donors (Lipinski definition) is 0. The molecule has 2 aromatic rings. The average molecular weight is 298 g/mol. The van der Waals surface area contributed by atoms with Crippen LogP contribution in [-0.4, -0.2) is 40.4 Å². The Hall–Kier alpha value is -2.36. The van der Waals surface area contributed by atoms with Crippen LogP contribution in [0.15, 0.2) is 48.5 Å². The lowest BCUT2D eigenvalue weighted by Crippen LogP contribution is -2.46. The van der Waals surface area contributed by atoms with Crippen molar-refractivity contribution in [2.45, 2.75) is 0 Å². The van der Waals surface area contributed by atoms with E-state index in [0.717, 1.165) is 37.7 Å². The van der Waals surface area contributed by atoms with Crippen molar-refractivity contribution < 1.29 is 9.47 Å². The SMILES string of the molecule is COc1ccccc1N1CCN(c2ccccc2OC)CC1. The smallest absolute Gasteiger partial charge is 0.142 e. The van der Waals surface area contributed by atoms with E-state index < -0.39 is 0 Å². The summed E-state index contributed by atoms with van der Waals surface area (Å²) in [6.45, 7) is 3.88. The Labute approximate surface area is 131 Å². The first-order valence-corrected chi connectivity index (χ1v) is 7.59. The van der Waals surface area contributed by atoms with E-state index in [2.05, 4.69) is 34.1 Å². The number of piperazine rings is 1.